The standard InChI is InChI=1S/Cu.Fe.La.Mg. The molecular weight excluding hydrogens is 283 g/mol. The first-order valence-corrected chi connectivity index (χ1v) is 0. The Balaban J connectivity index is 0. The minimum atomic E-state index is 0. The Labute approximate surface area is 90.9 Å². The molecule has 0 N–H and O–H groups in total. The van der Waals surface area contributed by atoms with Crippen LogP contribution in [0.5, 0.6) is 0 Å². The number of hydrogen-bond donors (Lipinski definition) is 0. The van der Waals surface area contributed by atoms with Gasteiger partial charge in [-0.25, -0.2) is 0 Å². The number of hydrogen-bond acceptors (Lipinski definition) is 0. The monoisotopic (exact) mass is 282 g/mol. The van der Waals surface area contributed by atoms with E-state index < -0.39 is 0 Å². The van der Waals surface area contributed by atoms with Gasteiger partial charge < -0.3 is 0 Å². The van der Waals surface area contributed by atoms with Crippen molar-refractivity contribution >= 4 is 23.1 Å². The first kappa shape index (κ1) is 28.0. The molecule has 0 rings (SSSR count). The average Bonchev–Trinajstić information content (AvgIpc) is 0. The Kier molecular flexibility index (Phi) is 117. The summed E-state index contributed by atoms with van der Waals surface area (Å²) in [4.78, 5) is 0. The molecule has 4 heteroatoms. The molecule has 0 fully saturated rings. The SMILES string of the molecule is [Cu].[Fe].[La].[Mg]. The van der Waals surface area contributed by atoms with Crippen molar-refractivity contribution in [1.82, 2.24) is 0 Å². The third-order valence-corrected chi connectivity index (χ3v) is 0. The zero-order chi connectivity index (χ0) is 0. The predicted molar refractivity (Wildman–Crippen MR) is 5.75 cm³/mol. The second-order valence-electron chi connectivity index (χ2n) is 0. The fourth-order valence-corrected chi connectivity index (χ4v) is 0. The van der Waals surface area contributed by atoms with Gasteiger partial charge in [-0.05, 0) is 0 Å². The van der Waals surface area contributed by atoms with Gasteiger partial charge in [0, 0.05) is 92.8 Å². The van der Waals surface area contributed by atoms with Gasteiger partial charge in [0.1, 0.15) is 0 Å². The summed E-state index contributed by atoms with van der Waals surface area (Å²) in [5.41, 5.74) is 0. The van der Waals surface area contributed by atoms with E-state index in [1.54, 1.807) is 0 Å². The fraction of sp³-hybridized carbons (Fsp3) is 0. The van der Waals surface area contributed by atoms with Crippen molar-refractivity contribution in [3.8, 4) is 0 Å². The van der Waals surface area contributed by atoms with Crippen LogP contribution in [0.4, 0.5) is 0 Å². The van der Waals surface area contributed by atoms with E-state index in [-0.39, 0.29) is 92.8 Å². The summed E-state index contributed by atoms with van der Waals surface area (Å²) < 4.78 is 0. The van der Waals surface area contributed by atoms with Gasteiger partial charge in [0.25, 0.3) is 0 Å². The van der Waals surface area contributed by atoms with Crippen LogP contribution in [-0.2, 0) is 34.1 Å². The van der Waals surface area contributed by atoms with Crippen LogP contribution in [0.1, 0.15) is 0 Å². The normalized spacial score (nSPS) is 0. The summed E-state index contributed by atoms with van der Waals surface area (Å²) in [5.74, 6) is 0. The summed E-state index contributed by atoms with van der Waals surface area (Å²) in [6.07, 6.45) is 0. The van der Waals surface area contributed by atoms with Crippen LogP contribution in [-0.4, -0.2) is 23.1 Å². The first-order valence-electron chi connectivity index (χ1n) is 0. The van der Waals surface area contributed by atoms with E-state index in [1.165, 1.54) is 0 Å². The zero-order valence-corrected chi connectivity index (χ0v) is 9.03. The molecule has 0 spiro atoms. The van der Waals surface area contributed by atoms with E-state index in [9.17, 15) is 0 Å². The van der Waals surface area contributed by atoms with Crippen molar-refractivity contribution in [3.05, 3.63) is 0 Å². The molecule has 0 atom stereocenters. The molecule has 0 aliphatic carbocycles. The maximum atomic E-state index is 0. The Morgan fingerprint density at radius 1 is 1.00 bits per heavy atom. The molecule has 0 aromatic rings. The van der Waals surface area contributed by atoms with Gasteiger partial charge in [-0.2, -0.15) is 0 Å². The molecule has 0 heterocycles. The predicted octanol–water partition coefficient (Wildman–Crippen LogP) is -0.386. The first-order chi connectivity index (χ1) is 0. The molecule has 0 aromatic heterocycles. The molecule has 0 amide bonds. The van der Waals surface area contributed by atoms with E-state index in [1.807, 2.05) is 0 Å². The Bertz CT molecular complexity index is 8.00. The van der Waals surface area contributed by atoms with Gasteiger partial charge in [0.2, 0.25) is 0 Å². The van der Waals surface area contributed by atoms with Crippen LogP contribution in [0.3, 0.4) is 0 Å². The molecule has 0 nitrogen and oxygen atoms in total. The summed E-state index contributed by atoms with van der Waals surface area (Å²) in [6.45, 7) is 0. The summed E-state index contributed by atoms with van der Waals surface area (Å²) >= 11 is 0. The van der Waals surface area contributed by atoms with E-state index >= 15 is 0 Å². The summed E-state index contributed by atoms with van der Waals surface area (Å²) in [5, 5.41) is 0. The maximum absolute atomic E-state index is 0. The smallest absolute Gasteiger partial charge is 0 e. The van der Waals surface area contributed by atoms with Gasteiger partial charge in [-0.1, -0.05) is 0 Å². The quantitative estimate of drug-likeness (QED) is 0.531. The van der Waals surface area contributed by atoms with Crippen molar-refractivity contribution in [1.29, 1.82) is 0 Å². The van der Waals surface area contributed by atoms with Crippen molar-refractivity contribution in [2.75, 3.05) is 0 Å². The maximum Gasteiger partial charge on any atom is 0 e. The molecule has 0 bridgehead atoms. The van der Waals surface area contributed by atoms with Gasteiger partial charge in [0.05, 0.1) is 0 Å². The van der Waals surface area contributed by atoms with Crippen LogP contribution in [0.25, 0.3) is 0 Å². The van der Waals surface area contributed by atoms with Gasteiger partial charge in [-0.3, -0.25) is 0 Å². The van der Waals surface area contributed by atoms with Crippen molar-refractivity contribution < 1.29 is 69.7 Å². The molecule has 0 aliphatic rings. The van der Waals surface area contributed by atoms with Crippen molar-refractivity contribution in [2.45, 2.75) is 0 Å². The van der Waals surface area contributed by atoms with Gasteiger partial charge >= 0.3 is 0 Å². The molecule has 0 aliphatic heterocycles. The topological polar surface area (TPSA) is 0 Å². The second-order valence-corrected chi connectivity index (χ2v) is 0. The Morgan fingerprint density at radius 3 is 1.00 bits per heavy atom. The molecular formula is CuFeLaMg. The zero-order valence-electron chi connectivity index (χ0n) is 1.94. The minimum Gasteiger partial charge on any atom is 0 e. The Morgan fingerprint density at radius 2 is 1.00 bits per heavy atom. The molecule has 0 unspecified atom stereocenters. The molecule has 0 aromatic carbocycles. The minimum absolute atomic E-state index is 0. The second kappa shape index (κ2) is 16.7. The van der Waals surface area contributed by atoms with Crippen molar-refractivity contribution in [2.24, 2.45) is 0 Å². The molecule has 4 radical (unpaired) electrons. The van der Waals surface area contributed by atoms with E-state index in [2.05, 4.69) is 0 Å². The Hall–Kier alpha value is 3.00. The van der Waals surface area contributed by atoms with Crippen LogP contribution in [0, 0.1) is 35.6 Å². The van der Waals surface area contributed by atoms with Crippen LogP contribution >= 0.6 is 0 Å². The summed E-state index contributed by atoms with van der Waals surface area (Å²) in [7, 11) is 0. The van der Waals surface area contributed by atoms with E-state index in [0.29, 0.717) is 0 Å². The molecule has 0 saturated heterocycles. The van der Waals surface area contributed by atoms with Crippen LogP contribution in [0.2, 0.25) is 0 Å². The van der Waals surface area contributed by atoms with Crippen molar-refractivity contribution in [3.63, 3.8) is 0 Å². The largest absolute Gasteiger partial charge is 0 e. The van der Waals surface area contributed by atoms with Gasteiger partial charge in [-0.15, -0.1) is 0 Å². The fourth-order valence-electron chi connectivity index (χ4n) is 0. The van der Waals surface area contributed by atoms with E-state index in [0.717, 1.165) is 0 Å². The van der Waals surface area contributed by atoms with Crippen LogP contribution < -0.4 is 0 Å². The average molecular weight is 283 g/mol. The van der Waals surface area contributed by atoms with Crippen LogP contribution in [0.15, 0.2) is 0 Å². The summed E-state index contributed by atoms with van der Waals surface area (Å²) in [6, 6.07) is 0. The molecule has 4 heavy (non-hydrogen) atoms. The third kappa shape index (κ3) is 8.89. The third-order valence-electron chi connectivity index (χ3n) is 0. The molecule has 24 valence electrons. The molecule has 0 saturated carbocycles. The van der Waals surface area contributed by atoms with E-state index in [4.69, 9.17) is 0 Å². The van der Waals surface area contributed by atoms with Gasteiger partial charge in [0.15, 0.2) is 0 Å². The number of rotatable bonds is 0.